The van der Waals surface area contributed by atoms with Gasteiger partial charge < -0.3 is 14.8 Å². The highest BCUT2D eigenvalue weighted by Crippen LogP contribution is 2.20. The van der Waals surface area contributed by atoms with Gasteiger partial charge in [0.25, 0.3) is 5.91 Å². The van der Waals surface area contributed by atoms with E-state index in [0.29, 0.717) is 5.75 Å². The smallest absolute Gasteiger partial charge is 0.329 e. The van der Waals surface area contributed by atoms with Crippen molar-refractivity contribution in [2.24, 2.45) is 5.92 Å². The summed E-state index contributed by atoms with van der Waals surface area (Å²) in [5, 5.41) is 2.76. The third kappa shape index (κ3) is 6.25. The van der Waals surface area contributed by atoms with Gasteiger partial charge in [0.1, 0.15) is 24.2 Å². The second-order valence-electron chi connectivity index (χ2n) is 6.20. The van der Waals surface area contributed by atoms with E-state index in [0.717, 1.165) is 0 Å². The van der Waals surface area contributed by atoms with E-state index in [-0.39, 0.29) is 29.7 Å². The van der Waals surface area contributed by atoms with Crippen LogP contribution in [0.15, 0.2) is 48.5 Å². The first kappa shape index (κ1) is 20.7. The Hall–Kier alpha value is -2.60. The first-order chi connectivity index (χ1) is 12.9. The molecule has 144 valence electrons. The van der Waals surface area contributed by atoms with E-state index in [1.54, 1.807) is 38.1 Å². The summed E-state index contributed by atoms with van der Waals surface area (Å²) >= 11 is 5.92. The van der Waals surface area contributed by atoms with Crippen LogP contribution in [0, 0.1) is 11.7 Å². The second-order valence-corrected chi connectivity index (χ2v) is 6.61. The number of benzene rings is 2. The van der Waals surface area contributed by atoms with Crippen LogP contribution in [-0.2, 0) is 20.9 Å². The first-order valence-electron chi connectivity index (χ1n) is 8.45. The third-order valence-corrected chi connectivity index (χ3v) is 4.12. The van der Waals surface area contributed by atoms with Crippen LogP contribution in [0.5, 0.6) is 5.75 Å². The number of para-hydroxylation sites is 1. The molecule has 0 bridgehead atoms. The van der Waals surface area contributed by atoms with Gasteiger partial charge in [-0.05, 0) is 30.2 Å². The van der Waals surface area contributed by atoms with E-state index in [2.05, 4.69) is 5.32 Å². The zero-order valence-corrected chi connectivity index (χ0v) is 15.8. The highest BCUT2D eigenvalue weighted by molar-refractivity contribution is 6.31. The van der Waals surface area contributed by atoms with E-state index in [9.17, 15) is 14.0 Å². The lowest BCUT2D eigenvalue weighted by atomic mass is 10.0. The van der Waals surface area contributed by atoms with Crippen LogP contribution < -0.4 is 10.1 Å². The largest absolute Gasteiger partial charge is 0.484 e. The Balaban J connectivity index is 1.91. The highest BCUT2D eigenvalue weighted by Gasteiger charge is 2.26. The minimum atomic E-state index is -0.887. The molecule has 0 unspecified atom stereocenters. The summed E-state index contributed by atoms with van der Waals surface area (Å²) in [5.41, 5.74) is 0.0914. The molecule has 1 atom stereocenters. The monoisotopic (exact) mass is 393 g/mol. The summed E-state index contributed by atoms with van der Waals surface area (Å²) in [5.74, 6) is -1.37. The lowest BCUT2D eigenvalue weighted by molar-refractivity contribution is -0.150. The fourth-order valence-electron chi connectivity index (χ4n) is 2.28. The van der Waals surface area contributed by atoms with Gasteiger partial charge >= 0.3 is 5.97 Å². The van der Waals surface area contributed by atoms with Crippen molar-refractivity contribution in [3.63, 3.8) is 0 Å². The Morgan fingerprint density at radius 2 is 1.81 bits per heavy atom. The molecule has 2 rings (SSSR count). The molecule has 1 N–H and O–H groups in total. The van der Waals surface area contributed by atoms with Gasteiger partial charge in [-0.25, -0.2) is 9.18 Å². The molecule has 27 heavy (non-hydrogen) atoms. The predicted molar refractivity (Wildman–Crippen MR) is 99.9 cm³/mol. The molecule has 0 spiro atoms. The van der Waals surface area contributed by atoms with E-state index in [4.69, 9.17) is 21.1 Å². The van der Waals surface area contributed by atoms with Gasteiger partial charge in [0.15, 0.2) is 6.61 Å². The summed E-state index contributed by atoms with van der Waals surface area (Å²) < 4.78 is 24.3. The molecular weight excluding hydrogens is 373 g/mol. The SMILES string of the molecule is CC(C)[C@H](NC(=O)COc1ccccc1)C(=O)OCc1c(F)cccc1Cl. The summed E-state index contributed by atoms with van der Waals surface area (Å²) in [6, 6.07) is 12.2. The van der Waals surface area contributed by atoms with Crippen molar-refractivity contribution < 1.29 is 23.5 Å². The van der Waals surface area contributed by atoms with Crippen molar-refractivity contribution in [3.05, 3.63) is 64.9 Å². The number of carbonyl (C=O) groups is 2. The number of carbonyl (C=O) groups excluding carboxylic acids is 2. The van der Waals surface area contributed by atoms with Gasteiger partial charge in [0, 0.05) is 5.56 Å². The Bertz CT molecular complexity index is 763. The molecule has 7 heteroatoms. The Labute approximate surface area is 162 Å². The van der Waals surface area contributed by atoms with Crippen LogP contribution in [-0.4, -0.2) is 24.5 Å². The Morgan fingerprint density at radius 3 is 2.44 bits per heavy atom. The first-order valence-corrected chi connectivity index (χ1v) is 8.83. The normalized spacial score (nSPS) is 11.7. The molecule has 2 aromatic rings. The van der Waals surface area contributed by atoms with E-state index >= 15 is 0 Å². The summed E-state index contributed by atoms with van der Waals surface area (Å²) in [7, 11) is 0. The topological polar surface area (TPSA) is 64.6 Å². The molecule has 0 saturated heterocycles. The molecule has 0 saturated carbocycles. The Morgan fingerprint density at radius 1 is 1.11 bits per heavy atom. The van der Waals surface area contributed by atoms with Gasteiger partial charge in [0.05, 0.1) is 5.02 Å². The van der Waals surface area contributed by atoms with Crippen molar-refractivity contribution >= 4 is 23.5 Å². The summed E-state index contributed by atoms with van der Waals surface area (Å²) in [6.07, 6.45) is 0. The molecule has 0 aromatic heterocycles. The number of esters is 1. The van der Waals surface area contributed by atoms with E-state index in [1.165, 1.54) is 18.2 Å². The van der Waals surface area contributed by atoms with Crippen LogP contribution in [0.2, 0.25) is 5.02 Å². The average Bonchev–Trinajstić information content (AvgIpc) is 2.64. The fourth-order valence-corrected chi connectivity index (χ4v) is 2.50. The summed E-state index contributed by atoms with van der Waals surface area (Å²) in [4.78, 5) is 24.4. The van der Waals surface area contributed by atoms with Gasteiger partial charge in [-0.15, -0.1) is 0 Å². The maximum absolute atomic E-state index is 13.8. The maximum atomic E-state index is 13.8. The third-order valence-electron chi connectivity index (χ3n) is 3.77. The minimum Gasteiger partial charge on any atom is -0.484 e. The highest BCUT2D eigenvalue weighted by atomic mass is 35.5. The molecule has 0 radical (unpaired) electrons. The number of hydrogen-bond donors (Lipinski definition) is 1. The molecule has 0 aliphatic heterocycles. The van der Waals surface area contributed by atoms with Gasteiger partial charge in [-0.1, -0.05) is 49.7 Å². The molecule has 2 aromatic carbocycles. The van der Waals surface area contributed by atoms with Crippen molar-refractivity contribution in [3.8, 4) is 5.75 Å². The molecule has 0 fully saturated rings. The van der Waals surface area contributed by atoms with Crippen molar-refractivity contribution in [1.82, 2.24) is 5.32 Å². The number of amides is 1. The number of nitrogens with one attached hydrogen (secondary N) is 1. The van der Waals surface area contributed by atoms with Crippen LogP contribution in [0.1, 0.15) is 19.4 Å². The standard InChI is InChI=1S/C20H21ClFNO4/c1-13(2)19(23-18(24)12-26-14-7-4-3-5-8-14)20(25)27-11-15-16(21)9-6-10-17(15)22/h3-10,13,19H,11-12H2,1-2H3,(H,23,24)/t19-/m0/s1. The lowest BCUT2D eigenvalue weighted by Gasteiger charge is -2.21. The Kier molecular flexibility index (Phi) is 7.61. The van der Waals surface area contributed by atoms with Gasteiger partial charge in [0.2, 0.25) is 0 Å². The quantitative estimate of drug-likeness (QED) is 0.694. The van der Waals surface area contributed by atoms with Gasteiger partial charge in [-0.3, -0.25) is 4.79 Å². The average molecular weight is 394 g/mol. The van der Waals surface area contributed by atoms with Crippen LogP contribution in [0.25, 0.3) is 0 Å². The lowest BCUT2D eigenvalue weighted by Crippen LogP contribution is -2.46. The second kappa shape index (κ2) is 9.92. The molecule has 0 aliphatic carbocycles. The number of halogens is 2. The fraction of sp³-hybridized carbons (Fsp3) is 0.300. The molecule has 0 aliphatic rings. The number of ether oxygens (including phenoxy) is 2. The van der Waals surface area contributed by atoms with Gasteiger partial charge in [-0.2, -0.15) is 0 Å². The zero-order chi connectivity index (χ0) is 19.8. The predicted octanol–water partition coefficient (Wildman–Crippen LogP) is 3.74. The zero-order valence-electron chi connectivity index (χ0n) is 15.1. The molecule has 5 nitrogen and oxygen atoms in total. The van der Waals surface area contributed by atoms with Crippen LogP contribution >= 0.6 is 11.6 Å². The maximum Gasteiger partial charge on any atom is 0.329 e. The van der Waals surface area contributed by atoms with Crippen LogP contribution in [0.4, 0.5) is 4.39 Å². The van der Waals surface area contributed by atoms with Crippen molar-refractivity contribution in [1.29, 1.82) is 0 Å². The van der Waals surface area contributed by atoms with Crippen molar-refractivity contribution in [2.45, 2.75) is 26.5 Å². The summed E-state index contributed by atoms with van der Waals surface area (Å²) in [6.45, 7) is 2.98. The molecule has 0 heterocycles. The van der Waals surface area contributed by atoms with Crippen LogP contribution in [0.3, 0.4) is 0 Å². The minimum absolute atomic E-state index is 0.0914. The molecule has 1 amide bonds. The van der Waals surface area contributed by atoms with Crippen molar-refractivity contribution in [2.75, 3.05) is 6.61 Å². The number of hydrogen-bond acceptors (Lipinski definition) is 4. The molecular formula is C20H21ClFNO4. The van der Waals surface area contributed by atoms with E-state index in [1.807, 2.05) is 6.07 Å². The van der Waals surface area contributed by atoms with E-state index < -0.39 is 23.7 Å². The number of rotatable bonds is 8.